The van der Waals surface area contributed by atoms with Crippen molar-refractivity contribution in [1.82, 2.24) is 10.4 Å². The van der Waals surface area contributed by atoms with E-state index in [1.54, 1.807) is 6.20 Å². The molecular weight excluding hydrogens is 302 g/mol. The van der Waals surface area contributed by atoms with Crippen LogP contribution in [0.5, 0.6) is 0 Å². The molecular formula is C16H12ClN3S. The van der Waals surface area contributed by atoms with Crippen molar-refractivity contribution in [2.45, 2.75) is 0 Å². The van der Waals surface area contributed by atoms with Gasteiger partial charge in [0.1, 0.15) is 4.99 Å². The number of nitrogens with zero attached hydrogens (tertiary/aromatic N) is 1. The normalized spacial score (nSPS) is 10.3. The van der Waals surface area contributed by atoms with Crippen molar-refractivity contribution in [2.75, 3.05) is 5.43 Å². The summed E-state index contributed by atoms with van der Waals surface area (Å²) in [7, 11) is 0. The molecule has 5 heteroatoms. The van der Waals surface area contributed by atoms with Crippen LogP contribution in [0.15, 0.2) is 60.8 Å². The summed E-state index contributed by atoms with van der Waals surface area (Å²) in [5, 5.41) is 1.64. The zero-order valence-corrected chi connectivity index (χ0v) is 12.6. The third-order valence-corrected chi connectivity index (χ3v) is 3.62. The number of pyridine rings is 1. The molecule has 0 aliphatic heterocycles. The van der Waals surface area contributed by atoms with E-state index in [1.165, 1.54) is 0 Å². The summed E-state index contributed by atoms with van der Waals surface area (Å²) in [5.74, 6) is 0. The molecule has 0 amide bonds. The van der Waals surface area contributed by atoms with Crippen molar-refractivity contribution in [3.8, 4) is 0 Å². The van der Waals surface area contributed by atoms with Gasteiger partial charge in [-0.05, 0) is 24.3 Å². The molecule has 0 saturated heterocycles. The van der Waals surface area contributed by atoms with Gasteiger partial charge < -0.3 is 0 Å². The topological polar surface area (TPSA) is 37.0 Å². The van der Waals surface area contributed by atoms with Crippen LogP contribution in [0.4, 0.5) is 5.69 Å². The molecule has 0 aliphatic rings. The lowest BCUT2D eigenvalue weighted by molar-refractivity contribution is 1.15. The zero-order chi connectivity index (χ0) is 14.7. The van der Waals surface area contributed by atoms with Gasteiger partial charge >= 0.3 is 0 Å². The van der Waals surface area contributed by atoms with Gasteiger partial charge in [-0.1, -0.05) is 54.2 Å². The summed E-state index contributed by atoms with van der Waals surface area (Å²) in [5.41, 5.74) is 8.86. The summed E-state index contributed by atoms with van der Waals surface area (Å²) < 4.78 is 0. The van der Waals surface area contributed by atoms with Gasteiger partial charge in [-0.2, -0.15) is 0 Å². The number of halogens is 1. The molecule has 1 heterocycles. The van der Waals surface area contributed by atoms with Crippen LogP contribution in [-0.4, -0.2) is 9.97 Å². The molecule has 3 nitrogen and oxygen atoms in total. The van der Waals surface area contributed by atoms with Crippen LogP contribution >= 0.6 is 23.8 Å². The summed E-state index contributed by atoms with van der Waals surface area (Å²) in [6.07, 6.45) is 1.73. The molecule has 0 bridgehead atoms. The molecule has 0 unspecified atom stereocenters. The Morgan fingerprint density at radius 3 is 2.67 bits per heavy atom. The van der Waals surface area contributed by atoms with Crippen molar-refractivity contribution in [2.24, 2.45) is 0 Å². The van der Waals surface area contributed by atoms with E-state index in [0.29, 0.717) is 10.0 Å². The third-order valence-electron chi connectivity index (χ3n) is 3.05. The Morgan fingerprint density at radius 2 is 1.86 bits per heavy atom. The van der Waals surface area contributed by atoms with E-state index < -0.39 is 0 Å². The molecule has 21 heavy (non-hydrogen) atoms. The quantitative estimate of drug-likeness (QED) is 0.562. The van der Waals surface area contributed by atoms with Crippen LogP contribution in [0, 0.1) is 0 Å². The maximum atomic E-state index is 5.98. The Hall–Kier alpha value is -2.17. The molecule has 0 saturated carbocycles. The number of nitrogens with one attached hydrogen (secondary N) is 2. The van der Waals surface area contributed by atoms with Gasteiger partial charge in [-0.25, -0.2) is 0 Å². The molecule has 2 N–H and O–H groups in total. The van der Waals surface area contributed by atoms with Crippen molar-refractivity contribution in [1.29, 1.82) is 0 Å². The second-order valence-corrected chi connectivity index (χ2v) is 5.31. The molecule has 1 aromatic heterocycles. The Balaban J connectivity index is 1.81. The van der Waals surface area contributed by atoms with Gasteiger partial charge in [0.15, 0.2) is 0 Å². The van der Waals surface area contributed by atoms with Crippen LogP contribution in [0.3, 0.4) is 0 Å². The van der Waals surface area contributed by atoms with E-state index in [2.05, 4.69) is 15.8 Å². The Bertz CT molecular complexity index is 790. The molecule has 104 valence electrons. The number of thiocarbonyl (C=S) groups is 1. The maximum absolute atomic E-state index is 5.98. The van der Waals surface area contributed by atoms with Gasteiger partial charge in [0, 0.05) is 22.2 Å². The highest BCUT2D eigenvalue weighted by Crippen LogP contribution is 2.23. The lowest BCUT2D eigenvalue weighted by Gasteiger charge is -2.12. The molecule has 0 fully saturated rings. The van der Waals surface area contributed by atoms with E-state index >= 15 is 0 Å². The number of hydrazine groups is 1. The predicted molar refractivity (Wildman–Crippen MR) is 91.7 cm³/mol. The number of hydrogen-bond donors (Lipinski definition) is 2. The largest absolute Gasteiger partial charge is 0.299 e. The van der Waals surface area contributed by atoms with E-state index in [4.69, 9.17) is 23.8 Å². The van der Waals surface area contributed by atoms with Crippen LogP contribution in [-0.2, 0) is 0 Å². The van der Waals surface area contributed by atoms with Crippen molar-refractivity contribution in [3.63, 3.8) is 0 Å². The SMILES string of the molecule is S=C(NNc1ccnc2cc(Cl)ccc12)c1ccccc1. The van der Waals surface area contributed by atoms with Crippen LogP contribution in [0.25, 0.3) is 10.9 Å². The minimum atomic E-state index is 0.634. The smallest absolute Gasteiger partial charge is 0.125 e. The van der Waals surface area contributed by atoms with Gasteiger partial charge in [0.25, 0.3) is 0 Å². The van der Waals surface area contributed by atoms with Crippen molar-refractivity contribution >= 4 is 45.4 Å². The summed E-state index contributed by atoms with van der Waals surface area (Å²) in [4.78, 5) is 4.94. The summed E-state index contributed by atoms with van der Waals surface area (Å²) >= 11 is 11.3. The van der Waals surface area contributed by atoms with Crippen molar-refractivity contribution < 1.29 is 0 Å². The van der Waals surface area contributed by atoms with E-state index in [0.717, 1.165) is 22.2 Å². The average Bonchev–Trinajstić information content (AvgIpc) is 2.53. The molecule has 2 aromatic carbocycles. The first-order valence-corrected chi connectivity index (χ1v) is 7.18. The van der Waals surface area contributed by atoms with Crippen LogP contribution in [0.1, 0.15) is 5.56 Å². The Kier molecular flexibility index (Phi) is 3.99. The first-order valence-electron chi connectivity index (χ1n) is 6.40. The number of anilines is 1. The second kappa shape index (κ2) is 6.08. The number of fused-ring (bicyclic) bond motifs is 1. The van der Waals surface area contributed by atoms with Gasteiger partial charge in [-0.15, -0.1) is 0 Å². The molecule has 3 rings (SSSR count). The fourth-order valence-corrected chi connectivity index (χ4v) is 2.37. The zero-order valence-electron chi connectivity index (χ0n) is 11.0. The monoisotopic (exact) mass is 313 g/mol. The van der Waals surface area contributed by atoms with Crippen LogP contribution < -0.4 is 10.9 Å². The first kappa shape index (κ1) is 13.8. The standard InChI is InChI=1S/C16H12ClN3S/c17-12-6-7-13-14(8-9-18-15(13)10-12)19-20-16(21)11-4-2-1-3-5-11/h1-10H,(H,18,19)(H,20,21). The lowest BCUT2D eigenvalue weighted by atomic mass is 10.2. The van der Waals surface area contributed by atoms with Crippen LogP contribution in [0.2, 0.25) is 5.02 Å². The fourth-order valence-electron chi connectivity index (χ4n) is 2.02. The highest BCUT2D eigenvalue weighted by Gasteiger charge is 2.04. The van der Waals surface area contributed by atoms with Gasteiger partial charge in [0.2, 0.25) is 0 Å². The Morgan fingerprint density at radius 1 is 1.05 bits per heavy atom. The maximum Gasteiger partial charge on any atom is 0.125 e. The number of rotatable bonds is 3. The first-order chi connectivity index (χ1) is 10.2. The molecule has 0 atom stereocenters. The highest BCUT2D eigenvalue weighted by atomic mass is 35.5. The Labute approximate surface area is 132 Å². The summed E-state index contributed by atoms with van der Waals surface area (Å²) in [6, 6.07) is 17.3. The van der Waals surface area contributed by atoms with Gasteiger partial charge in [0.05, 0.1) is 11.2 Å². The lowest BCUT2D eigenvalue weighted by Crippen LogP contribution is -2.28. The molecule has 3 aromatic rings. The summed E-state index contributed by atoms with van der Waals surface area (Å²) in [6.45, 7) is 0. The molecule has 0 spiro atoms. The van der Waals surface area contributed by atoms with E-state index in [-0.39, 0.29) is 0 Å². The molecule has 0 radical (unpaired) electrons. The second-order valence-electron chi connectivity index (χ2n) is 4.47. The number of aromatic nitrogens is 1. The van der Waals surface area contributed by atoms with E-state index in [1.807, 2.05) is 54.6 Å². The predicted octanol–water partition coefficient (Wildman–Crippen LogP) is 4.18. The number of hydrogen-bond acceptors (Lipinski definition) is 3. The fraction of sp³-hybridized carbons (Fsp3) is 0. The van der Waals surface area contributed by atoms with E-state index in [9.17, 15) is 0 Å². The molecule has 0 aliphatic carbocycles. The number of benzene rings is 2. The van der Waals surface area contributed by atoms with Crippen molar-refractivity contribution in [3.05, 3.63) is 71.4 Å². The van der Waals surface area contributed by atoms with Gasteiger partial charge in [-0.3, -0.25) is 15.8 Å². The minimum absolute atomic E-state index is 0.634. The highest BCUT2D eigenvalue weighted by molar-refractivity contribution is 7.80. The third kappa shape index (κ3) is 3.12. The minimum Gasteiger partial charge on any atom is -0.299 e. The average molecular weight is 314 g/mol.